The number of allylic oxidation sites excluding steroid dienone is 1. The van der Waals surface area contributed by atoms with Crippen molar-refractivity contribution < 1.29 is 14.3 Å². The quantitative estimate of drug-likeness (QED) is 0.278. The maximum atomic E-state index is 12.4. The SMILES string of the molecule is COc1cc(/C=C/C(=O)c2ccc(C)cc2)cc(Br)c1OCc1ccc(Cl)cc1. The molecule has 0 unspecified atom stereocenters. The number of methoxy groups -OCH3 is 1. The van der Waals surface area contributed by atoms with Gasteiger partial charge in [-0.25, -0.2) is 0 Å². The lowest BCUT2D eigenvalue weighted by molar-refractivity contribution is 0.104. The van der Waals surface area contributed by atoms with Gasteiger partial charge in [0.15, 0.2) is 17.3 Å². The van der Waals surface area contributed by atoms with E-state index >= 15 is 0 Å². The second kappa shape index (κ2) is 9.77. The van der Waals surface area contributed by atoms with Gasteiger partial charge in [-0.2, -0.15) is 0 Å². The van der Waals surface area contributed by atoms with Gasteiger partial charge in [-0.15, -0.1) is 0 Å². The van der Waals surface area contributed by atoms with Gasteiger partial charge in [-0.05, 0) is 64.3 Å². The summed E-state index contributed by atoms with van der Waals surface area (Å²) in [6.45, 7) is 2.37. The molecular weight excluding hydrogens is 452 g/mol. The minimum absolute atomic E-state index is 0.0526. The Morgan fingerprint density at radius 3 is 2.41 bits per heavy atom. The van der Waals surface area contributed by atoms with Crippen LogP contribution in [0.5, 0.6) is 11.5 Å². The van der Waals surface area contributed by atoms with Gasteiger partial charge in [0.05, 0.1) is 11.6 Å². The third-order valence-corrected chi connectivity index (χ3v) is 5.15. The van der Waals surface area contributed by atoms with Gasteiger partial charge in [0, 0.05) is 10.6 Å². The second-order valence-corrected chi connectivity index (χ2v) is 7.80. The Balaban J connectivity index is 1.75. The lowest BCUT2D eigenvalue weighted by Crippen LogP contribution is -1.99. The highest BCUT2D eigenvalue weighted by atomic mass is 79.9. The van der Waals surface area contributed by atoms with Gasteiger partial charge in [0.1, 0.15) is 6.61 Å². The maximum Gasteiger partial charge on any atom is 0.185 e. The normalized spacial score (nSPS) is 10.9. The molecule has 29 heavy (non-hydrogen) atoms. The van der Waals surface area contributed by atoms with Crippen molar-refractivity contribution in [2.75, 3.05) is 7.11 Å². The monoisotopic (exact) mass is 470 g/mol. The van der Waals surface area contributed by atoms with Gasteiger partial charge >= 0.3 is 0 Å². The number of hydrogen-bond donors (Lipinski definition) is 0. The van der Waals surface area contributed by atoms with Crippen LogP contribution in [0.15, 0.2) is 71.2 Å². The second-order valence-electron chi connectivity index (χ2n) is 6.51. The minimum Gasteiger partial charge on any atom is -0.493 e. The molecule has 0 aromatic heterocycles. The van der Waals surface area contributed by atoms with Crippen LogP contribution in [0.25, 0.3) is 6.08 Å². The Morgan fingerprint density at radius 1 is 1.07 bits per heavy atom. The lowest BCUT2D eigenvalue weighted by atomic mass is 10.1. The van der Waals surface area contributed by atoms with Crippen LogP contribution in [-0.2, 0) is 6.61 Å². The fourth-order valence-corrected chi connectivity index (χ4v) is 3.40. The molecule has 0 fully saturated rings. The number of rotatable bonds is 7. The molecule has 0 aliphatic rings. The molecule has 3 nitrogen and oxygen atoms in total. The van der Waals surface area contributed by atoms with Crippen molar-refractivity contribution >= 4 is 39.4 Å². The van der Waals surface area contributed by atoms with E-state index in [1.54, 1.807) is 19.3 Å². The van der Waals surface area contributed by atoms with Gasteiger partial charge in [-0.1, -0.05) is 59.6 Å². The van der Waals surface area contributed by atoms with Gasteiger partial charge in [-0.3, -0.25) is 4.79 Å². The summed E-state index contributed by atoms with van der Waals surface area (Å²) in [7, 11) is 1.59. The van der Waals surface area contributed by atoms with Gasteiger partial charge < -0.3 is 9.47 Å². The molecule has 3 rings (SSSR count). The van der Waals surface area contributed by atoms with Crippen LogP contribution in [-0.4, -0.2) is 12.9 Å². The highest BCUT2D eigenvalue weighted by molar-refractivity contribution is 9.10. The smallest absolute Gasteiger partial charge is 0.185 e. The number of ether oxygens (including phenoxy) is 2. The molecule has 0 bridgehead atoms. The Bertz CT molecular complexity index is 1030. The van der Waals surface area contributed by atoms with Crippen LogP contribution in [0.4, 0.5) is 0 Å². The number of carbonyl (C=O) groups is 1. The zero-order valence-electron chi connectivity index (χ0n) is 16.1. The molecule has 0 saturated heterocycles. The molecule has 0 atom stereocenters. The molecule has 5 heteroatoms. The fraction of sp³-hybridized carbons (Fsp3) is 0.125. The first-order valence-electron chi connectivity index (χ1n) is 9.00. The average molecular weight is 472 g/mol. The number of ketones is 1. The summed E-state index contributed by atoms with van der Waals surface area (Å²) in [6, 6.07) is 18.7. The Hall–Kier alpha value is -2.56. The van der Waals surface area contributed by atoms with Gasteiger partial charge in [0.25, 0.3) is 0 Å². The number of benzene rings is 3. The highest BCUT2D eigenvalue weighted by Crippen LogP contribution is 2.37. The third kappa shape index (κ3) is 5.72. The number of carbonyl (C=O) groups excluding carboxylic acids is 1. The van der Waals surface area contributed by atoms with Gasteiger partial charge in [0.2, 0.25) is 0 Å². The summed E-state index contributed by atoms with van der Waals surface area (Å²) in [5.74, 6) is 1.13. The Labute approximate surface area is 184 Å². The average Bonchev–Trinajstić information content (AvgIpc) is 2.72. The molecule has 0 aliphatic heterocycles. The first-order valence-corrected chi connectivity index (χ1v) is 10.2. The minimum atomic E-state index is -0.0526. The summed E-state index contributed by atoms with van der Waals surface area (Å²) in [4.78, 5) is 12.4. The number of hydrogen-bond acceptors (Lipinski definition) is 3. The Kier molecular flexibility index (Phi) is 7.13. The number of halogens is 2. The molecule has 148 valence electrons. The van der Waals surface area contributed by atoms with Crippen molar-refractivity contribution in [3.63, 3.8) is 0 Å². The summed E-state index contributed by atoms with van der Waals surface area (Å²) in [5, 5.41) is 0.684. The molecular formula is C24H20BrClO3. The lowest BCUT2D eigenvalue weighted by Gasteiger charge is -2.13. The summed E-state index contributed by atoms with van der Waals surface area (Å²) < 4.78 is 12.2. The van der Waals surface area contributed by atoms with Crippen molar-refractivity contribution in [2.24, 2.45) is 0 Å². The third-order valence-electron chi connectivity index (χ3n) is 4.31. The van der Waals surface area contributed by atoms with Crippen LogP contribution in [0.1, 0.15) is 27.0 Å². The van der Waals surface area contributed by atoms with Crippen LogP contribution in [0, 0.1) is 6.92 Å². The van der Waals surface area contributed by atoms with E-state index in [2.05, 4.69) is 15.9 Å². The molecule has 0 saturated carbocycles. The summed E-state index contributed by atoms with van der Waals surface area (Å²) >= 11 is 9.46. The fourth-order valence-electron chi connectivity index (χ4n) is 2.70. The van der Waals surface area contributed by atoms with Crippen molar-refractivity contribution in [2.45, 2.75) is 13.5 Å². The van der Waals surface area contributed by atoms with E-state index in [-0.39, 0.29) is 5.78 Å². The standard InChI is InChI=1S/C24H20BrClO3/c1-16-3-8-19(9-4-16)22(27)12-7-18-13-21(25)24(23(14-18)28-2)29-15-17-5-10-20(26)11-6-17/h3-14H,15H2,1-2H3/b12-7+. The molecule has 0 radical (unpaired) electrons. The predicted molar refractivity (Wildman–Crippen MR) is 121 cm³/mol. The van der Waals surface area contributed by atoms with Crippen molar-refractivity contribution in [1.82, 2.24) is 0 Å². The first-order chi connectivity index (χ1) is 14.0. The van der Waals surface area contributed by atoms with E-state index in [1.165, 1.54) is 0 Å². The van der Waals surface area contributed by atoms with E-state index in [9.17, 15) is 4.79 Å². The van der Waals surface area contributed by atoms with Crippen molar-refractivity contribution in [1.29, 1.82) is 0 Å². The molecule has 0 heterocycles. The topological polar surface area (TPSA) is 35.5 Å². The van der Waals surface area contributed by atoms with Crippen LogP contribution >= 0.6 is 27.5 Å². The van der Waals surface area contributed by atoms with E-state index < -0.39 is 0 Å². The van der Waals surface area contributed by atoms with Crippen molar-refractivity contribution in [3.8, 4) is 11.5 Å². The van der Waals surface area contributed by atoms with Crippen LogP contribution in [0.2, 0.25) is 5.02 Å². The highest BCUT2D eigenvalue weighted by Gasteiger charge is 2.12. The van der Waals surface area contributed by atoms with E-state index in [0.717, 1.165) is 21.2 Å². The molecule has 3 aromatic rings. The zero-order valence-corrected chi connectivity index (χ0v) is 18.5. The molecule has 0 N–H and O–H groups in total. The number of aryl methyl sites for hydroxylation is 1. The molecule has 0 spiro atoms. The maximum absolute atomic E-state index is 12.4. The van der Waals surface area contributed by atoms with Crippen LogP contribution in [0.3, 0.4) is 0 Å². The zero-order chi connectivity index (χ0) is 20.8. The first kappa shape index (κ1) is 21.2. The van der Waals surface area contributed by atoms with E-state index in [1.807, 2.05) is 67.6 Å². The van der Waals surface area contributed by atoms with Crippen molar-refractivity contribution in [3.05, 3.63) is 98.5 Å². The molecule has 0 aliphatic carbocycles. The molecule has 0 amide bonds. The predicted octanol–water partition coefficient (Wildman–Crippen LogP) is 6.89. The summed E-state index contributed by atoms with van der Waals surface area (Å²) in [5.41, 5.74) is 3.60. The van der Waals surface area contributed by atoms with E-state index in [4.69, 9.17) is 21.1 Å². The Morgan fingerprint density at radius 2 is 1.76 bits per heavy atom. The summed E-state index contributed by atoms with van der Waals surface area (Å²) in [6.07, 6.45) is 3.32. The largest absolute Gasteiger partial charge is 0.493 e. The molecule has 3 aromatic carbocycles. The van der Waals surface area contributed by atoms with Crippen LogP contribution < -0.4 is 9.47 Å². The van der Waals surface area contributed by atoms with E-state index in [0.29, 0.717) is 28.7 Å².